The van der Waals surface area contributed by atoms with Crippen molar-refractivity contribution in [2.75, 3.05) is 17.1 Å². The van der Waals surface area contributed by atoms with Crippen molar-refractivity contribution >= 4 is 27.0 Å². The third-order valence-electron chi connectivity index (χ3n) is 4.56. The van der Waals surface area contributed by atoms with Crippen LogP contribution in [-0.4, -0.2) is 36.2 Å². The molecular formula is C18H17N5O3S2. The molecule has 144 valence electrons. The second-order valence-corrected chi connectivity index (χ2v) is 9.43. The quantitative estimate of drug-likeness (QED) is 0.603. The second-order valence-electron chi connectivity index (χ2n) is 6.52. The van der Waals surface area contributed by atoms with Crippen LogP contribution < -0.4 is 4.31 Å². The maximum Gasteiger partial charge on any atom is 0.232 e. The van der Waals surface area contributed by atoms with Gasteiger partial charge in [0.1, 0.15) is 11.0 Å². The molecule has 0 radical (unpaired) electrons. The molecule has 0 bridgehead atoms. The van der Waals surface area contributed by atoms with E-state index in [4.69, 9.17) is 0 Å². The zero-order valence-corrected chi connectivity index (χ0v) is 16.9. The van der Waals surface area contributed by atoms with Gasteiger partial charge in [-0.05, 0) is 37.6 Å². The normalized spacial score (nSPS) is 16.6. The molecule has 1 aliphatic heterocycles. The third kappa shape index (κ3) is 3.29. The summed E-state index contributed by atoms with van der Waals surface area (Å²) < 4.78 is 25.5. The highest BCUT2D eigenvalue weighted by atomic mass is 32.2. The molecule has 8 nitrogen and oxygen atoms in total. The number of thiazole rings is 1. The molecule has 28 heavy (non-hydrogen) atoms. The Balaban J connectivity index is 1.81. The lowest BCUT2D eigenvalue weighted by molar-refractivity contribution is 0.573. The largest absolute Gasteiger partial charge is 0.268 e. The van der Waals surface area contributed by atoms with Crippen LogP contribution in [0.15, 0.2) is 41.8 Å². The number of fused-ring (bicyclic) bond motifs is 1. The second kappa shape index (κ2) is 7.02. The van der Waals surface area contributed by atoms with Gasteiger partial charge in [-0.25, -0.2) is 18.4 Å². The highest BCUT2D eigenvalue weighted by Gasteiger charge is 2.32. The lowest BCUT2D eigenvalue weighted by Gasteiger charge is -2.30. The Morgan fingerprint density at radius 1 is 1.25 bits per heavy atom. The molecule has 1 atom stereocenters. The summed E-state index contributed by atoms with van der Waals surface area (Å²) in [6.45, 7) is 2.11. The standard InChI is InChI=1S/C18H17N5O3S2/c1-11-17(27-18(20-11)12-4-3-8-19-10-12)14-5-6-15-16(21-14)13(22-24)7-9-23(15)28(2,25)26/h3-6,8,10,13H,7,9H2,1-2H3. The van der Waals surface area contributed by atoms with Crippen molar-refractivity contribution < 1.29 is 8.42 Å². The van der Waals surface area contributed by atoms with E-state index in [9.17, 15) is 13.3 Å². The molecule has 0 spiro atoms. The minimum atomic E-state index is -3.46. The van der Waals surface area contributed by atoms with Crippen LogP contribution in [0.25, 0.3) is 21.1 Å². The molecule has 0 amide bonds. The molecule has 3 aromatic rings. The number of hydrogen-bond acceptors (Lipinski definition) is 8. The summed E-state index contributed by atoms with van der Waals surface area (Å²) in [4.78, 5) is 25.5. The Bertz CT molecular complexity index is 1150. The van der Waals surface area contributed by atoms with Gasteiger partial charge in [-0.3, -0.25) is 9.29 Å². The monoisotopic (exact) mass is 415 g/mol. The van der Waals surface area contributed by atoms with Gasteiger partial charge in [0.25, 0.3) is 0 Å². The van der Waals surface area contributed by atoms with Crippen LogP contribution in [0.1, 0.15) is 23.9 Å². The van der Waals surface area contributed by atoms with Crippen LogP contribution in [0.2, 0.25) is 0 Å². The first kappa shape index (κ1) is 18.6. The molecule has 0 N–H and O–H groups in total. The van der Waals surface area contributed by atoms with E-state index in [1.807, 2.05) is 19.1 Å². The van der Waals surface area contributed by atoms with Crippen LogP contribution in [0.4, 0.5) is 5.69 Å². The number of pyridine rings is 2. The molecule has 0 saturated carbocycles. The van der Waals surface area contributed by atoms with Crippen molar-refractivity contribution in [3.63, 3.8) is 0 Å². The molecule has 10 heteroatoms. The van der Waals surface area contributed by atoms with Gasteiger partial charge in [0.2, 0.25) is 10.0 Å². The summed E-state index contributed by atoms with van der Waals surface area (Å²) in [6, 6.07) is 6.57. The highest BCUT2D eigenvalue weighted by Crippen LogP contribution is 2.40. The number of aryl methyl sites for hydroxylation is 1. The van der Waals surface area contributed by atoms with Gasteiger partial charge in [0.05, 0.1) is 33.9 Å². The van der Waals surface area contributed by atoms with Crippen LogP contribution in [0.5, 0.6) is 0 Å². The average Bonchev–Trinajstić information content (AvgIpc) is 3.08. The van der Waals surface area contributed by atoms with Crippen molar-refractivity contribution in [2.24, 2.45) is 5.18 Å². The number of aromatic nitrogens is 3. The zero-order valence-electron chi connectivity index (χ0n) is 15.2. The van der Waals surface area contributed by atoms with E-state index >= 15 is 0 Å². The van der Waals surface area contributed by atoms with Gasteiger partial charge in [0.15, 0.2) is 0 Å². The number of sulfonamides is 1. The predicted molar refractivity (Wildman–Crippen MR) is 109 cm³/mol. The van der Waals surface area contributed by atoms with Crippen LogP contribution in [0.3, 0.4) is 0 Å². The van der Waals surface area contributed by atoms with Crippen LogP contribution >= 0.6 is 11.3 Å². The van der Waals surface area contributed by atoms with Crippen molar-refractivity contribution in [2.45, 2.75) is 19.4 Å². The van der Waals surface area contributed by atoms with Gasteiger partial charge in [0, 0.05) is 24.5 Å². The summed E-state index contributed by atoms with van der Waals surface area (Å²) in [5.74, 6) is 0. The van der Waals surface area contributed by atoms with Crippen LogP contribution in [0, 0.1) is 11.8 Å². The number of rotatable bonds is 4. The highest BCUT2D eigenvalue weighted by molar-refractivity contribution is 7.92. The molecule has 1 unspecified atom stereocenters. The topological polar surface area (TPSA) is 105 Å². The van der Waals surface area contributed by atoms with E-state index in [2.05, 4.69) is 20.1 Å². The first-order chi connectivity index (χ1) is 13.4. The maximum atomic E-state index is 12.1. The van der Waals surface area contributed by atoms with Gasteiger partial charge in [-0.2, -0.15) is 4.91 Å². The Labute approximate surface area is 166 Å². The average molecular weight is 416 g/mol. The minimum absolute atomic E-state index is 0.216. The van der Waals surface area contributed by atoms with Crippen molar-refractivity contribution in [1.82, 2.24) is 15.0 Å². The molecule has 4 heterocycles. The molecular weight excluding hydrogens is 398 g/mol. The summed E-state index contributed by atoms with van der Waals surface area (Å²) in [5.41, 5.74) is 3.17. The molecule has 0 saturated heterocycles. The Morgan fingerprint density at radius 2 is 2.07 bits per heavy atom. The molecule has 1 aliphatic rings. The lowest BCUT2D eigenvalue weighted by atomic mass is 10.0. The van der Waals surface area contributed by atoms with Crippen molar-refractivity contribution in [3.05, 3.63) is 53.0 Å². The first-order valence-electron chi connectivity index (χ1n) is 8.58. The molecule has 0 aliphatic carbocycles. The van der Waals surface area contributed by atoms with E-state index < -0.39 is 16.1 Å². The number of nitrogens with zero attached hydrogens (tertiary/aromatic N) is 5. The fourth-order valence-electron chi connectivity index (χ4n) is 3.24. The molecule has 0 aromatic carbocycles. The van der Waals surface area contributed by atoms with Gasteiger partial charge < -0.3 is 0 Å². The molecule has 3 aromatic heterocycles. The molecule has 0 fully saturated rings. The number of nitroso groups, excluding NO2 is 1. The molecule has 4 rings (SSSR count). The predicted octanol–water partition coefficient (Wildman–Crippen LogP) is 3.55. The van der Waals surface area contributed by atoms with E-state index in [0.717, 1.165) is 27.4 Å². The summed E-state index contributed by atoms with van der Waals surface area (Å²) in [6.07, 6.45) is 4.91. The van der Waals surface area contributed by atoms with Gasteiger partial charge >= 0.3 is 0 Å². The third-order valence-corrected chi connectivity index (χ3v) is 6.97. The van der Waals surface area contributed by atoms with E-state index in [1.165, 1.54) is 15.6 Å². The maximum absolute atomic E-state index is 12.1. The fourth-order valence-corrected chi connectivity index (χ4v) is 5.22. The lowest BCUT2D eigenvalue weighted by Crippen LogP contribution is -2.36. The van der Waals surface area contributed by atoms with Gasteiger partial charge in [-0.1, -0.05) is 5.18 Å². The zero-order chi connectivity index (χ0) is 19.9. The Morgan fingerprint density at radius 3 is 2.75 bits per heavy atom. The van der Waals surface area contributed by atoms with Crippen molar-refractivity contribution in [3.8, 4) is 21.1 Å². The van der Waals surface area contributed by atoms with Gasteiger partial charge in [-0.15, -0.1) is 11.3 Å². The summed E-state index contributed by atoms with van der Waals surface area (Å²) >= 11 is 1.48. The van der Waals surface area contributed by atoms with E-state index in [0.29, 0.717) is 23.5 Å². The number of hydrogen-bond donors (Lipinski definition) is 0. The number of anilines is 1. The summed E-state index contributed by atoms with van der Waals surface area (Å²) in [7, 11) is -3.46. The Hall–Kier alpha value is -2.72. The van der Waals surface area contributed by atoms with Crippen LogP contribution in [-0.2, 0) is 10.0 Å². The van der Waals surface area contributed by atoms with Crippen molar-refractivity contribution in [1.29, 1.82) is 0 Å². The summed E-state index contributed by atoms with van der Waals surface area (Å²) in [5, 5.41) is 3.98. The SMILES string of the molecule is Cc1nc(-c2cccnc2)sc1-c1ccc2c(n1)C(N=O)CCN2S(C)(=O)=O. The van der Waals surface area contributed by atoms with E-state index in [1.54, 1.807) is 24.5 Å². The minimum Gasteiger partial charge on any atom is -0.268 e. The smallest absolute Gasteiger partial charge is 0.232 e. The fraction of sp³-hybridized carbons (Fsp3) is 0.278. The Kier molecular flexibility index (Phi) is 4.68. The van der Waals surface area contributed by atoms with E-state index in [-0.39, 0.29) is 6.54 Å². The first-order valence-corrected chi connectivity index (χ1v) is 11.2.